The van der Waals surface area contributed by atoms with E-state index in [2.05, 4.69) is 4.99 Å². The zero-order valence-electron chi connectivity index (χ0n) is 18.4. The summed E-state index contributed by atoms with van der Waals surface area (Å²) in [5, 5.41) is 58.5. The van der Waals surface area contributed by atoms with Crippen molar-refractivity contribution in [2.75, 3.05) is 38.8 Å². The molecule has 1 aromatic carbocycles. The van der Waals surface area contributed by atoms with Crippen LogP contribution in [0, 0.1) is 0 Å². The van der Waals surface area contributed by atoms with Gasteiger partial charge in [0.2, 0.25) is 0 Å². The van der Waals surface area contributed by atoms with Crippen LogP contribution in [-0.2, 0) is 19.0 Å². The number of aliphatic carboxylic acids is 1. The topological polar surface area (TPSA) is 188 Å². The number of ether oxygens (including phenoxy) is 4. The van der Waals surface area contributed by atoms with Crippen LogP contribution in [-0.4, -0.2) is 117 Å². The smallest absolute Gasteiger partial charge is 0.332 e. The number of aliphatic imine (C=N–C) groups is 1. The molecule has 0 aliphatic carbocycles. The first kappa shape index (κ1) is 26.6. The lowest BCUT2D eigenvalue weighted by molar-refractivity contribution is -0.302. The highest BCUT2D eigenvalue weighted by molar-refractivity contribution is 8.14. The van der Waals surface area contributed by atoms with Crippen LogP contribution in [0.3, 0.4) is 0 Å². The average molecular weight is 504 g/mol. The van der Waals surface area contributed by atoms with Gasteiger partial charge in [-0.1, -0.05) is 0 Å². The van der Waals surface area contributed by atoms with Crippen LogP contribution >= 0.6 is 11.8 Å². The summed E-state index contributed by atoms with van der Waals surface area (Å²) in [7, 11) is 0. The molecular formula is C21H29NO11S. The van der Waals surface area contributed by atoms with Crippen molar-refractivity contribution in [2.24, 2.45) is 4.99 Å². The van der Waals surface area contributed by atoms with Crippen molar-refractivity contribution in [1.29, 1.82) is 0 Å². The second-order valence-electron chi connectivity index (χ2n) is 7.99. The van der Waals surface area contributed by atoms with Crippen LogP contribution in [0.4, 0.5) is 0 Å². The molecule has 0 spiro atoms. The Labute approximate surface area is 199 Å². The molecule has 0 amide bonds. The molecule has 190 valence electrons. The van der Waals surface area contributed by atoms with Gasteiger partial charge in [0, 0.05) is 17.4 Å². The molecule has 2 aliphatic rings. The second-order valence-corrected chi connectivity index (χ2v) is 8.96. The van der Waals surface area contributed by atoms with E-state index in [1.165, 1.54) is 24.8 Å². The summed E-state index contributed by atoms with van der Waals surface area (Å²) in [6, 6.07) is 4.66. The van der Waals surface area contributed by atoms with Crippen molar-refractivity contribution in [2.45, 2.75) is 43.2 Å². The van der Waals surface area contributed by atoms with Crippen LogP contribution in [0.1, 0.15) is 12.5 Å². The summed E-state index contributed by atoms with van der Waals surface area (Å²) in [6.45, 7) is 1.50. The SMILES string of the molecule is C[C@]1(C(=O)O)CSC(c2ccc(OCCOCCO[C@H]3OC(CO)[C@@H](O)C(O)C3O)cc2O)=N1. The van der Waals surface area contributed by atoms with Crippen molar-refractivity contribution >= 4 is 22.8 Å². The number of hydrogen-bond acceptors (Lipinski definition) is 12. The summed E-state index contributed by atoms with van der Waals surface area (Å²) in [6.07, 6.45) is -6.68. The van der Waals surface area contributed by atoms with Gasteiger partial charge < -0.3 is 49.6 Å². The molecule has 6 N–H and O–H groups in total. The number of aromatic hydroxyl groups is 1. The minimum Gasteiger partial charge on any atom is -0.507 e. The van der Waals surface area contributed by atoms with Crippen molar-refractivity contribution in [3.63, 3.8) is 0 Å². The number of phenolic OH excluding ortho intramolecular Hbond substituents is 1. The van der Waals surface area contributed by atoms with Gasteiger partial charge in [-0.15, -0.1) is 11.8 Å². The van der Waals surface area contributed by atoms with E-state index in [1.807, 2.05) is 0 Å². The van der Waals surface area contributed by atoms with E-state index in [-0.39, 0.29) is 37.9 Å². The Bertz CT molecular complexity index is 882. The van der Waals surface area contributed by atoms with Gasteiger partial charge in [-0.25, -0.2) is 4.79 Å². The number of nitrogens with zero attached hydrogens (tertiary/aromatic N) is 1. The zero-order chi connectivity index (χ0) is 24.9. The molecule has 0 saturated carbocycles. The Morgan fingerprint density at radius 2 is 1.91 bits per heavy atom. The second kappa shape index (κ2) is 11.6. The first-order valence-electron chi connectivity index (χ1n) is 10.6. The number of rotatable bonds is 11. The number of thioether (sulfide) groups is 1. The van der Waals surface area contributed by atoms with Crippen LogP contribution in [0.25, 0.3) is 0 Å². The predicted octanol–water partition coefficient (Wildman–Crippen LogP) is -1.06. The molecule has 2 aliphatic heterocycles. The molecule has 0 bridgehead atoms. The number of aliphatic hydroxyl groups excluding tert-OH is 4. The van der Waals surface area contributed by atoms with E-state index in [0.717, 1.165) is 0 Å². The largest absolute Gasteiger partial charge is 0.507 e. The van der Waals surface area contributed by atoms with Gasteiger partial charge in [-0.05, 0) is 19.1 Å². The molecule has 0 radical (unpaired) electrons. The van der Waals surface area contributed by atoms with Crippen LogP contribution in [0.5, 0.6) is 11.5 Å². The lowest BCUT2D eigenvalue weighted by Gasteiger charge is -2.39. The molecule has 12 nitrogen and oxygen atoms in total. The number of carboxylic acids is 1. The van der Waals surface area contributed by atoms with Gasteiger partial charge in [0.25, 0.3) is 0 Å². The number of hydrogen-bond donors (Lipinski definition) is 6. The van der Waals surface area contributed by atoms with E-state index in [0.29, 0.717) is 16.4 Å². The maximum atomic E-state index is 11.3. The van der Waals surface area contributed by atoms with E-state index in [1.54, 1.807) is 12.1 Å². The maximum absolute atomic E-state index is 11.3. The number of carboxylic acid groups (broad SMARTS) is 1. The fourth-order valence-corrected chi connectivity index (χ4v) is 4.48. The predicted molar refractivity (Wildman–Crippen MR) is 119 cm³/mol. The minimum atomic E-state index is -1.51. The molecule has 1 aromatic rings. The zero-order valence-corrected chi connectivity index (χ0v) is 19.3. The summed E-state index contributed by atoms with van der Waals surface area (Å²) in [5.74, 6) is -0.417. The van der Waals surface area contributed by atoms with Crippen molar-refractivity contribution < 1.29 is 54.4 Å². The Morgan fingerprint density at radius 3 is 2.56 bits per heavy atom. The fraction of sp³-hybridized carbons (Fsp3) is 0.619. The first-order valence-corrected chi connectivity index (χ1v) is 11.6. The first-order chi connectivity index (χ1) is 16.2. The standard InChI is InChI=1S/C21H29NO11S/c1-21(20(28)29)10-34-18(22-21)12-3-2-11(8-13(12)24)31-6-4-30-5-7-32-19-17(27)16(26)15(25)14(9-23)33-19/h2-3,8,14-17,19,23-27H,4-7,9-10H2,1H3,(H,28,29)/t14?,15-,16?,17?,19+,21-/m1/s1. The highest BCUT2D eigenvalue weighted by Gasteiger charge is 2.44. The van der Waals surface area contributed by atoms with E-state index >= 15 is 0 Å². The lowest BCUT2D eigenvalue weighted by atomic mass is 9.99. The normalized spacial score (nSPS) is 31.3. The molecule has 13 heteroatoms. The van der Waals surface area contributed by atoms with Gasteiger partial charge in [-0.2, -0.15) is 0 Å². The highest BCUT2D eigenvalue weighted by atomic mass is 32.2. The summed E-state index contributed by atoms with van der Waals surface area (Å²) < 4.78 is 21.4. The quantitative estimate of drug-likeness (QED) is 0.201. The Hall–Kier alpha value is -1.97. The Morgan fingerprint density at radius 1 is 1.18 bits per heavy atom. The molecule has 0 aromatic heterocycles. The number of aliphatic hydroxyl groups is 4. The third kappa shape index (κ3) is 6.17. The molecule has 1 fully saturated rings. The van der Waals surface area contributed by atoms with Crippen LogP contribution < -0.4 is 4.74 Å². The number of phenols is 1. The van der Waals surface area contributed by atoms with Gasteiger partial charge in [0.05, 0.1) is 26.4 Å². The summed E-state index contributed by atoms with van der Waals surface area (Å²) in [4.78, 5) is 15.6. The molecular weight excluding hydrogens is 474 g/mol. The minimum absolute atomic E-state index is 0.0210. The van der Waals surface area contributed by atoms with Crippen molar-refractivity contribution in [1.82, 2.24) is 0 Å². The highest BCUT2D eigenvalue weighted by Crippen LogP contribution is 2.35. The fourth-order valence-electron chi connectivity index (χ4n) is 3.28. The van der Waals surface area contributed by atoms with Gasteiger partial charge in [0.1, 0.15) is 47.6 Å². The van der Waals surface area contributed by atoms with Gasteiger partial charge in [0.15, 0.2) is 11.8 Å². The Kier molecular flexibility index (Phi) is 9.12. The molecule has 3 unspecified atom stereocenters. The molecule has 2 heterocycles. The van der Waals surface area contributed by atoms with Crippen LogP contribution in [0.2, 0.25) is 0 Å². The van der Waals surface area contributed by atoms with E-state index in [9.17, 15) is 30.3 Å². The van der Waals surface area contributed by atoms with E-state index in [4.69, 9.17) is 24.1 Å². The molecule has 1 saturated heterocycles. The number of benzene rings is 1. The molecule has 6 atom stereocenters. The Balaban J connectivity index is 1.37. The third-order valence-corrected chi connectivity index (χ3v) is 6.64. The van der Waals surface area contributed by atoms with E-state index < -0.39 is 48.8 Å². The average Bonchev–Trinajstić information content (AvgIpc) is 3.21. The van der Waals surface area contributed by atoms with Crippen LogP contribution in [0.15, 0.2) is 23.2 Å². The van der Waals surface area contributed by atoms with Gasteiger partial charge in [-0.3, -0.25) is 4.99 Å². The monoisotopic (exact) mass is 503 g/mol. The molecule has 3 rings (SSSR count). The summed E-state index contributed by atoms with van der Waals surface area (Å²) >= 11 is 1.26. The van der Waals surface area contributed by atoms with Crippen molar-refractivity contribution in [3.8, 4) is 11.5 Å². The number of carbonyl (C=O) groups is 1. The lowest BCUT2D eigenvalue weighted by Crippen LogP contribution is -2.59. The third-order valence-electron chi connectivity index (χ3n) is 5.35. The molecule has 34 heavy (non-hydrogen) atoms. The maximum Gasteiger partial charge on any atom is 0.332 e. The summed E-state index contributed by atoms with van der Waals surface area (Å²) in [5.41, 5.74) is -0.783. The van der Waals surface area contributed by atoms with Crippen molar-refractivity contribution in [3.05, 3.63) is 23.8 Å². The van der Waals surface area contributed by atoms with Gasteiger partial charge >= 0.3 is 5.97 Å².